The molecule has 0 saturated carbocycles. The molecule has 0 radical (unpaired) electrons. The van der Waals surface area contributed by atoms with E-state index in [0.29, 0.717) is 17.9 Å². The molecule has 0 spiro atoms. The molecule has 2 aliphatic heterocycles. The van der Waals surface area contributed by atoms with E-state index in [1.165, 1.54) is 19.1 Å². The van der Waals surface area contributed by atoms with Crippen LogP contribution >= 0.6 is 0 Å². The Kier molecular flexibility index (Phi) is 7.40. The van der Waals surface area contributed by atoms with E-state index in [0.717, 1.165) is 24.2 Å². The molecule has 0 N–H and O–H groups in total. The SMILES string of the molecule is COCCN1C(=O)CC(CC(=O)N2CCCC2c2ccccc2OC)(c2ccccc2OC)C1=O. The predicted octanol–water partition coefficient (Wildman–Crippen LogP) is 3.10. The summed E-state index contributed by atoms with van der Waals surface area (Å²) in [5.41, 5.74) is 0.174. The number of amides is 3. The van der Waals surface area contributed by atoms with Crippen LogP contribution in [0.3, 0.4) is 0 Å². The standard InChI is InChI=1S/C27H32N2O6/c1-33-16-15-29-25(31)18-27(26(29)32,20-10-5-7-13-23(20)35-3)17-24(30)28-14-8-11-21(28)19-9-4-6-12-22(19)34-2/h4-7,9-10,12-13,21H,8,11,14-18H2,1-3H3. The number of benzene rings is 2. The van der Waals surface area contributed by atoms with Crippen LogP contribution in [-0.2, 0) is 24.5 Å². The lowest BCUT2D eigenvalue weighted by Gasteiger charge is -2.32. The number of likely N-dealkylation sites (tertiary alicyclic amines) is 2. The van der Waals surface area contributed by atoms with E-state index < -0.39 is 5.41 Å². The van der Waals surface area contributed by atoms with Crippen molar-refractivity contribution in [1.82, 2.24) is 9.80 Å². The maximum Gasteiger partial charge on any atom is 0.241 e. The van der Waals surface area contributed by atoms with Gasteiger partial charge in [-0.15, -0.1) is 0 Å². The number of carbonyl (C=O) groups excluding carboxylic acids is 3. The second-order valence-electron chi connectivity index (χ2n) is 8.97. The Bertz CT molecular complexity index is 1100. The summed E-state index contributed by atoms with van der Waals surface area (Å²) < 4.78 is 16.2. The van der Waals surface area contributed by atoms with Crippen molar-refractivity contribution >= 4 is 17.7 Å². The molecule has 2 unspecified atom stereocenters. The fraction of sp³-hybridized carbons (Fsp3) is 0.444. The molecule has 2 saturated heterocycles. The van der Waals surface area contributed by atoms with Gasteiger partial charge in [0.05, 0.1) is 38.8 Å². The number of hydrogen-bond donors (Lipinski definition) is 0. The first kappa shape index (κ1) is 24.7. The number of carbonyl (C=O) groups is 3. The fourth-order valence-electron chi connectivity index (χ4n) is 5.38. The summed E-state index contributed by atoms with van der Waals surface area (Å²) in [4.78, 5) is 43.7. The van der Waals surface area contributed by atoms with E-state index in [-0.39, 0.29) is 49.8 Å². The molecule has 2 aromatic carbocycles. The topological polar surface area (TPSA) is 85.4 Å². The van der Waals surface area contributed by atoms with Crippen LogP contribution < -0.4 is 9.47 Å². The van der Waals surface area contributed by atoms with Gasteiger partial charge in [0.25, 0.3) is 0 Å². The van der Waals surface area contributed by atoms with Crippen molar-refractivity contribution in [2.24, 2.45) is 0 Å². The highest BCUT2D eigenvalue weighted by molar-refractivity contribution is 6.11. The summed E-state index contributed by atoms with van der Waals surface area (Å²) >= 11 is 0. The summed E-state index contributed by atoms with van der Waals surface area (Å²) in [7, 11) is 4.66. The minimum Gasteiger partial charge on any atom is -0.496 e. The van der Waals surface area contributed by atoms with Crippen molar-refractivity contribution in [2.75, 3.05) is 41.0 Å². The van der Waals surface area contributed by atoms with Crippen LogP contribution in [0.5, 0.6) is 11.5 Å². The highest BCUT2D eigenvalue weighted by Crippen LogP contribution is 2.45. The number of rotatable bonds is 9. The van der Waals surface area contributed by atoms with Crippen LogP contribution in [-0.4, -0.2) is 68.5 Å². The van der Waals surface area contributed by atoms with E-state index in [4.69, 9.17) is 14.2 Å². The van der Waals surface area contributed by atoms with E-state index >= 15 is 0 Å². The Morgan fingerprint density at radius 1 is 1.00 bits per heavy atom. The first-order chi connectivity index (χ1) is 17.0. The molecule has 3 amide bonds. The molecule has 0 aliphatic carbocycles. The van der Waals surface area contributed by atoms with Crippen LogP contribution in [0.1, 0.15) is 42.9 Å². The number of para-hydroxylation sites is 2. The van der Waals surface area contributed by atoms with E-state index in [9.17, 15) is 14.4 Å². The van der Waals surface area contributed by atoms with Gasteiger partial charge in [0.1, 0.15) is 11.5 Å². The van der Waals surface area contributed by atoms with Crippen LogP contribution in [0, 0.1) is 0 Å². The zero-order valence-electron chi connectivity index (χ0n) is 20.5. The Morgan fingerprint density at radius 2 is 1.69 bits per heavy atom. The Hall–Kier alpha value is -3.39. The maximum absolute atomic E-state index is 13.9. The van der Waals surface area contributed by atoms with Crippen molar-refractivity contribution in [3.63, 3.8) is 0 Å². The molecule has 4 rings (SSSR count). The van der Waals surface area contributed by atoms with Gasteiger partial charge in [-0.2, -0.15) is 0 Å². The first-order valence-corrected chi connectivity index (χ1v) is 11.9. The summed E-state index contributed by atoms with van der Waals surface area (Å²) in [5.74, 6) is 0.352. The zero-order valence-corrected chi connectivity index (χ0v) is 20.5. The van der Waals surface area contributed by atoms with E-state index in [1.54, 1.807) is 31.4 Å². The van der Waals surface area contributed by atoms with Crippen molar-refractivity contribution < 1.29 is 28.6 Å². The molecular weight excluding hydrogens is 448 g/mol. The Morgan fingerprint density at radius 3 is 2.40 bits per heavy atom. The van der Waals surface area contributed by atoms with Crippen molar-refractivity contribution in [3.8, 4) is 11.5 Å². The molecule has 8 heteroatoms. The van der Waals surface area contributed by atoms with E-state index in [2.05, 4.69) is 0 Å². The molecule has 8 nitrogen and oxygen atoms in total. The molecule has 0 aromatic heterocycles. The third-order valence-corrected chi connectivity index (χ3v) is 7.07. The van der Waals surface area contributed by atoms with E-state index in [1.807, 2.05) is 29.2 Å². The molecule has 2 heterocycles. The quantitative estimate of drug-likeness (QED) is 0.513. The molecule has 2 atom stereocenters. The molecule has 2 aromatic rings. The monoisotopic (exact) mass is 480 g/mol. The van der Waals surface area contributed by atoms with Gasteiger partial charge in [0.2, 0.25) is 17.7 Å². The number of nitrogens with zero attached hydrogens (tertiary/aromatic N) is 2. The van der Waals surface area contributed by atoms with Crippen LogP contribution in [0.2, 0.25) is 0 Å². The molecule has 2 aliphatic rings. The normalized spacial score (nSPS) is 22.1. The first-order valence-electron chi connectivity index (χ1n) is 11.9. The summed E-state index contributed by atoms with van der Waals surface area (Å²) in [6.45, 7) is 0.960. The number of imide groups is 1. The number of hydrogen-bond acceptors (Lipinski definition) is 6. The van der Waals surface area contributed by atoms with Crippen LogP contribution in [0.4, 0.5) is 0 Å². The minimum atomic E-state index is -1.33. The van der Waals surface area contributed by atoms with Crippen molar-refractivity contribution in [3.05, 3.63) is 59.7 Å². The molecule has 0 bridgehead atoms. The third-order valence-electron chi connectivity index (χ3n) is 7.07. The smallest absolute Gasteiger partial charge is 0.241 e. The average Bonchev–Trinajstić information content (AvgIpc) is 3.46. The minimum absolute atomic E-state index is 0.0885. The van der Waals surface area contributed by atoms with Gasteiger partial charge in [0.15, 0.2) is 0 Å². The van der Waals surface area contributed by atoms with Gasteiger partial charge < -0.3 is 19.1 Å². The fourth-order valence-corrected chi connectivity index (χ4v) is 5.38. The lowest BCUT2D eigenvalue weighted by atomic mass is 9.75. The maximum atomic E-state index is 13.9. The lowest BCUT2D eigenvalue weighted by Crippen LogP contribution is -2.44. The van der Waals surface area contributed by atoms with Crippen LogP contribution in [0.15, 0.2) is 48.5 Å². The predicted molar refractivity (Wildman–Crippen MR) is 129 cm³/mol. The number of ether oxygens (including phenoxy) is 3. The molecule has 35 heavy (non-hydrogen) atoms. The second kappa shape index (κ2) is 10.5. The summed E-state index contributed by atoms with van der Waals surface area (Å²) in [6, 6.07) is 14.7. The Labute approximate surface area is 205 Å². The van der Waals surface area contributed by atoms with Gasteiger partial charge >= 0.3 is 0 Å². The van der Waals surface area contributed by atoms with Gasteiger partial charge in [-0.3, -0.25) is 19.3 Å². The highest BCUT2D eigenvalue weighted by atomic mass is 16.5. The zero-order chi connectivity index (χ0) is 25.0. The molecule has 186 valence electrons. The lowest BCUT2D eigenvalue weighted by molar-refractivity contribution is -0.143. The van der Waals surface area contributed by atoms with Gasteiger partial charge in [-0.05, 0) is 25.0 Å². The van der Waals surface area contributed by atoms with Crippen molar-refractivity contribution in [1.29, 1.82) is 0 Å². The highest BCUT2D eigenvalue weighted by Gasteiger charge is 2.55. The Balaban J connectivity index is 1.71. The number of methoxy groups -OCH3 is 3. The average molecular weight is 481 g/mol. The van der Waals surface area contributed by atoms with Crippen LogP contribution in [0.25, 0.3) is 0 Å². The molecule has 2 fully saturated rings. The van der Waals surface area contributed by atoms with Gasteiger partial charge in [-0.1, -0.05) is 36.4 Å². The second-order valence-corrected chi connectivity index (χ2v) is 8.97. The third kappa shape index (κ3) is 4.50. The summed E-state index contributed by atoms with van der Waals surface area (Å²) in [6.07, 6.45) is 1.45. The largest absolute Gasteiger partial charge is 0.496 e. The summed E-state index contributed by atoms with van der Waals surface area (Å²) in [5, 5.41) is 0. The van der Waals surface area contributed by atoms with Gasteiger partial charge in [-0.25, -0.2) is 0 Å². The molecular formula is C27H32N2O6. The van der Waals surface area contributed by atoms with Gasteiger partial charge in [0, 0.05) is 37.6 Å². The van der Waals surface area contributed by atoms with Crippen molar-refractivity contribution in [2.45, 2.75) is 37.1 Å².